The third kappa shape index (κ3) is 8.13. The van der Waals surface area contributed by atoms with Crippen molar-refractivity contribution >= 4 is 0 Å². The third-order valence-electron chi connectivity index (χ3n) is 8.61. The summed E-state index contributed by atoms with van der Waals surface area (Å²) in [5, 5.41) is 114. The van der Waals surface area contributed by atoms with Gasteiger partial charge in [-0.15, -0.1) is 6.58 Å². The van der Waals surface area contributed by atoms with Crippen molar-refractivity contribution in [3.05, 3.63) is 12.7 Å². The van der Waals surface area contributed by atoms with E-state index in [0.717, 1.165) is 0 Å². The Morgan fingerprint density at radius 3 is 1.66 bits per heavy atom. The van der Waals surface area contributed by atoms with E-state index in [1.165, 1.54) is 13.0 Å². The first-order valence-corrected chi connectivity index (χ1v) is 15.1. The molecular formula is C27H47NO19. The van der Waals surface area contributed by atoms with E-state index < -0.39 is 143 Å². The second-order valence-corrected chi connectivity index (χ2v) is 11.8. The van der Waals surface area contributed by atoms with Crippen LogP contribution in [0.1, 0.15) is 6.92 Å². The maximum absolute atomic E-state index is 11.1. The molecule has 274 valence electrons. The van der Waals surface area contributed by atoms with Crippen molar-refractivity contribution in [3.8, 4) is 0 Å². The molecule has 20 nitrogen and oxygen atoms in total. The van der Waals surface area contributed by atoms with Crippen molar-refractivity contribution in [1.82, 2.24) is 0 Å². The number of aliphatic hydroxyl groups excluding tert-OH is 11. The van der Waals surface area contributed by atoms with Gasteiger partial charge in [-0.3, -0.25) is 0 Å². The molecule has 4 saturated heterocycles. The molecule has 4 rings (SSSR count). The van der Waals surface area contributed by atoms with E-state index in [9.17, 15) is 56.2 Å². The normalized spacial score (nSPS) is 51.1. The van der Waals surface area contributed by atoms with Gasteiger partial charge in [-0.2, -0.15) is 0 Å². The van der Waals surface area contributed by atoms with Crippen molar-refractivity contribution in [3.63, 3.8) is 0 Å². The smallest absolute Gasteiger partial charge is 0.187 e. The van der Waals surface area contributed by atoms with E-state index in [1.54, 1.807) is 0 Å². The minimum absolute atomic E-state index is 0.0712. The number of hydrogen-bond acceptors (Lipinski definition) is 20. The zero-order valence-corrected chi connectivity index (χ0v) is 25.4. The van der Waals surface area contributed by atoms with Crippen LogP contribution in [0.25, 0.3) is 0 Å². The van der Waals surface area contributed by atoms with Crippen molar-refractivity contribution in [2.24, 2.45) is 5.73 Å². The highest BCUT2D eigenvalue weighted by Gasteiger charge is 2.55. The minimum atomic E-state index is -1.88. The van der Waals surface area contributed by atoms with Crippen LogP contribution in [0.5, 0.6) is 0 Å². The standard InChI is InChI=1S/C27H47NO19/c1-3-4-40-25-20(39)22(16(35)11(7-31)43-25)46-24-12(28)21(15(34)10(6-30)42-24)45-27-23(18(37)14(33)9(5-29)44-27)47-26-19(38)17(36)13(32)8(2)41-26/h3,8-27,29-39H,1,4-7,28H2,2H3/t8?,9?,10?,11?,12?,13-,14-,15-,16-,17?,18?,19?,20?,21?,22?,23?,24?,25+,26-,27-/m0/s1. The maximum atomic E-state index is 11.1. The van der Waals surface area contributed by atoms with Gasteiger partial charge in [0.2, 0.25) is 0 Å². The first kappa shape index (κ1) is 38.7. The fraction of sp³-hybridized carbons (Fsp3) is 0.926. The van der Waals surface area contributed by atoms with Crippen LogP contribution >= 0.6 is 0 Å². The van der Waals surface area contributed by atoms with Gasteiger partial charge in [-0.25, -0.2) is 0 Å². The van der Waals surface area contributed by atoms with Gasteiger partial charge in [0.05, 0.1) is 38.6 Å². The average molecular weight is 690 g/mol. The highest BCUT2D eigenvalue weighted by Crippen LogP contribution is 2.34. The van der Waals surface area contributed by atoms with Crippen LogP contribution in [0.3, 0.4) is 0 Å². The maximum Gasteiger partial charge on any atom is 0.187 e. The molecule has 0 amide bonds. The van der Waals surface area contributed by atoms with Crippen molar-refractivity contribution in [1.29, 1.82) is 0 Å². The van der Waals surface area contributed by atoms with Gasteiger partial charge in [0.1, 0.15) is 85.5 Å². The number of ether oxygens (including phenoxy) is 8. The van der Waals surface area contributed by atoms with Gasteiger partial charge < -0.3 is 99.8 Å². The minimum Gasteiger partial charge on any atom is -0.394 e. The highest BCUT2D eigenvalue weighted by atomic mass is 16.8. The van der Waals surface area contributed by atoms with E-state index in [2.05, 4.69) is 6.58 Å². The molecule has 4 heterocycles. The molecule has 0 saturated carbocycles. The number of hydrogen-bond donors (Lipinski definition) is 12. The quantitative estimate of drug-likeness (QED) is 0.0847. The van der Waals surface area contributed by atoms with E-state index in [0.29, 0.717) is 0 Å². The molecule has 0 aromatic heterocycles. The number of nitrogens with two attached hydrogens (primary N) is 1. The van der Waals surface area contributed by atoms with Crippen LogP contribution in [0.4, 0.5) is 0 Å². The van der Waals surface area contributed by atoms with Crippen molar-refractivity contribution < 1.29 is 94.1 Å². The van der Waals surface area contributed by atoms with Crippen LogP contribution in [0.15, 0.2) is 12.7 Å². The molecule has 0 aromatic rings. The van der Waals surface area contributed by atoms with Crippen LogP contribution in [-0.2, 0) is 37.9 Å². The fourth-order valence-corrected chi connectivity index (χ4v) is 5.80. The van der Waals surface area contributed by atoms with Gasteiger partial charge in [0, 0.05) is 0 Å². The Bertz CT molecular complexity index is 984. The summed E-state index contributed by atoms with van der Waals surface area (Å²) in [6, 6.07) is -1.51. The Hall–Kier alpha value is -1.06. The first-order chi connectivity index (χ1) is 22.3. The molecule has 4 aliphatic rings. The van der Waals surface area contributed by atoms with Crippen LogP contribution < -0.4 is 5.73 Å². The van der Waals surface area contributed by atoms with E-state index >= 15 is 0 Å². The first-order valence-electron chi connectivity index (χ1n) is 15.1. The Labute approximate surface area is 268 Å². The summed E-state index contributed by atoms with van der Waals surface area (Å²) in [4.78, 5) is 0. The van der Waals surface area contributed by atoms with Gasteiger partial charge >= 0.3 is 0 Å². The zero-order chi connectivity index (χ0) is 34.7. The van der Waals surface area contributed by atoms with Gasteiger partial charge in [-0.05, 0) is 6.92 Å². The molecule has 0 radical (unpaired) electrons. The SMILES string of the molecule is C=CCO[C@@H]1OC(CO)[C@H](O)C(OC2OC(CO)[C@H](O)C(O[C@@H]3OC(CO)[C@H](O)C(O)C3O[C@@H]3OC(C)[C@H](O)C(O)C3O)C2N)C1O. The van der Waals surface area contributed by atoms with E-state index in [-0.39, 0.29) is 6.61 Å². The highest BCUT2D eigenvalue weighted by molar-refractivity contribution is 4.99. The van der Waals surface area contributed by atoms with E-state index in [1.807, 2.05) is 0 Å². The monoisotopic (exact) mass is 689 g/mol. The van der Waals surface area contributed by atoms with E-state index in [4.69, 9.17) is 43.6 Å². The summed E-state index contributed by atoms with van der Waals surface area (Å²) in [6.07, 6.45) is -29.0. The molecule has 20 heteroatoms. The molecular weight excluding hydrogens is 642 g/mol. The topological polar surface area (TPSA) is 322 Å². The molecule has 47 heavy (non-hydrogen) atoms. The van der Waals surface area contributed by atoms with Crippen LogP contribution in [0.2, 0.25) is 0 Å². The molecule has 20 atom stereocenters. The number of rotatable bonds is 12. The molecule has 0 aromatic carbocycles. The van der Waals surface area contributed by atoms with Gasteiger partial charge in [0.15, 0.2) is 25.2 Å². The number of aliphatic hydroxyl groups is 11. The van der Waals surface area contributed by atoms with Crippen molar-refractivity contribution in [2.75, 3.05) is 26.4 Å². The largest absolute Gasteiger partial charge is 0.394 e. The average Bonchev–Trinajstić information content (AvgIpc) is 3.06. The molecule has 4 aliphatic heterocycles. The summed E-state index contributed by atoms with van der Waals surface area (Å²) in [6.45, 7) is 2.48. The lowest BCUT2D eigenvalue weighted by molar-refractivity contribution is -0.385. The van der Waals surface area contributed by atoms with Gasteiger partial charge in [-0.1, -0.05) is 6.08 Å². The summed E-state index contributed by atoms with van der Waals surface area (Å²) in [7, 11) is 0. The lowest BCUT2D eigenvalue weighted by atomic mass is 9.95. The fourth-order valence-electron chi connectivity index (χ4n) is 5.80. The summed E-state index contributed by atoms with van der Waals surface area (Å²) in [5.74, 6) is 0. The molecule has 13 N–H and O–H groups in total. The third-order valence-corrected chi connectivity index (χ3v) is 8.61. The van der Waals surface area contributed by atoms with Crippen LogP contribution in [-0.4, -0.2) is 205 Å². The summed E-state index contributed by atoms with van der Waals surface area (Å²) < 4.78 is 44.9. The van der Waals surface area contributed by atoms with Crippen molar-refractivity contribution in [2.45, 2.75) is 130 Å². The molecule has 4 fully saturated rings. The Balaban J connectivity index is 1.57. The van der Waals surface area contributed by atoms with Crippen LogP contribution in [0, 0.1) is 0 Å². The Morgan fingerprint density at radius 2 is 1.06 bits per heavy atom. The predicted octanol–water partition coefficient (Wildman–Crippen LogP) is -7.54. The molecule has 0 spiro atoms. The second kappa shape index (κ2) is 16.8. The molecule has 0 aliphatic carbocycles. The Morgan fingerprint density at radius 1 is 0.553 bits per heavy atom. The predicted molar refractivity (Wildman–Crippen MR) is 148 cm³/mol. The van der Waals surface area contributed by atoms with Gasteiger partial charge in [0.25, 0.3) is 0 Å². The molecule has 13 unspecified atom stereocenters. The zero-order valence-electron chi connectivity index (χ0n) is 25.4. The lowest BCUT2D eigenvalue weighted by Gasteiger charge is -2.49. The lowest BCUT2D eigenvalue weighted by Crippen LogP contribution is -2.69. The summed E-state index contributed by atoms with van der Waals surface area (Å²) in [5.41, 5.74) is 6.38. The second-order valence-electron chi connectivity index (χ2n) is 11.8. The summed E-state index contributed by atoms with van der Waals surface area (Å²) >= 11 is 0. The Kier molecular flexibility index (Phi) is 13.8. The molecule has 0 bridgehead atoms.